The predicted molar refractivity (Wildman–Crippen MR) is 87.7 cm³/mol. The minimum absolute atomic E-state index is 0.0326. The van der Waals surface area contributed by atoms with Crippen LogP contribution in [0.2, 0.25) is 19.6 Å². The lowest BCUT2D eigenvalue weighted by molar-refractivity contribution is -0.315. The van der Waals surface area contributed by atoms with Crippen LogP contribution in [-0.4, -0.2) is 65.9 Å². The van der Waals surface area contributed by atoms with Gasteiger partial charge in [0.05, 0.1) is 38.3 Å². The molecule has 9 heteroatoms. The molecule has 1 aliphatic rings. The molecule has 0 bridgehead atoms. The third kappa shape index (κ3) is 5.05. The average Bonchev–Trinajstić information content (AvgIpc) is 2.41. The number of carbonyl (C=O) groups is 1. The van der Waals surface area contributed by atoms with Gasteiger partial charge in [-0.05, 0) is 6.92 Å². The van der Waals surface area contributed by atoms with Crippen molar-refractivity contribution in [3.8, 4) is 0 Å². The first-order chi connectivity index (χ1) is 10.0. The highest BCUT2D eigenvalue weighted by molar-refractivity contribution is 6.77. The second-order valence-corrected chi connectivity index (χ2v) is 12.9. The average molecular weight is 374 g/mol. The van der Waals surface area contributed by atoms with Gasteiger partial charge in [-0.25, -0.2) is 0 Å². The zero-order valence-electron chi connectivity index (χ0n) is 13.3. The molecule has 0 saturated carbocycles. The summed E-state index contributed by atoms with van der Waals surface area (Å²) in [5, 5.41) is 21.3. The number of alkyl halides is 2. The van der Waals surface area contributed by atoms with Crippen LogP contribution in [0.4, 0.5) is 0 Å². The maximum atomic E-state index is 11.7. The molecular weight excluding hydrogens is 349 g/mol. The van der Waals surface area contributed by atoms with Crippen LogP contribution in [0.25, 0.3) is 0 Å². The second-order valence-electron chi connectivity index (χ2n) is 6.62. The van der Waals surface area contributed by atoms with Crippen molar-refractivity contribution in [2.75, 3.05) is 12.5 Å². The van der Waals surface area contributed by atoms with Crippen molar-refractivity contribution in [1.29, 1.82) is 0 Å². The van der Waals surface area contributed by atoms with E-state index in [4.69, 9.17) is 32.7 Å². The van der Waals surface area contributed by atoms with Crippen molar-refractivity contribution >= 4 is 37.2 Å². The number of aliphatic hydroxyl groups is 2. The molecule has 0 aromatic carbocycles. The smallest absolute Gasteiger partial charge is 0.254 e. The number of hydrogen-bond donors (Lipinski definition) is 3. The summed E-state index contributed by atoms with van der Waals surface area (Å²) >= 11 is 11.6. The van der Waals surface area contributed by atoms with Gasteiger partial charge in [0.1, 0.15) is 12.0 Å². The summed E-state index contributed by atoms with van der Waals surface area (Å²) in [7, 11) is -1.69. The first-order valence-electron chi connectivity index (χ1n) is 7.20. The highest BCUT2D eigenvalue weighted by Gasteiger charge is 2.49. The molecule has 0 aromatic rings. The number of nitrogens with one attached hydrogen (secondary N) is 1. The Balaban J connectivity index is 3.03. The Morgan fingerprint density at radius 1 is 1.55 bits per heavy atom. The summed E-state index contributed by atoms with van der Waals surface area (Å²) in [5.74, 6) is -2.29. The Hall–Kier alpha value is 0.107. The zero-order valence-corrected chi connectivity index (χ0v) is 15.8. The molecule has 0 radical (unpaired) electrons. The molecule has 1 amide bonds. The molecule has 0 aliphatic carbocycles. The van der Waals surface area contributed by atoms with Gasteiger partial charge in [-0.15, -0.1) is 23.2 Å². The molecule has 1 saturated heterocycles. The second kappa shape index (κ2) is 7.79. The first kappa shape index (κ1) is 20.2. The lowest BCUT2D eigenvalue weighted by Crippen LogP contribution is -2.65. The van der Waals surface area contributed by atoms with Gasteiger partial charge < -0.3 is 25.0 Å². The number of halogens is 2. The summed E-state index contributed by atoms with van der Waals surface area (Å²) in [6, 6.07) is 0. The fourth-order valence-corrected chi connectivity index (χ4v) is 2.86. The number of ether oxygens (including phenoxy) is 2. The standard InChI is InChI=1S/C13H25Cl2NO5Si/c1-8(22(2,3)4)20-13(16-11(19)6-14)5-9(18)12(15)10(7-17)21-13/h8-10,12,17-18H,5-7H2,1-4H3,(H,16,19)/t8?,9-,10-,12+,13+/m1/s1. The van der Waals surface area contributed by atoms with E-state index in [2.05, 4.69) is 25.0 Å². The van der Waals surface area contributed by atoms with E-state index in [0.29, 0.717) is 0 Å². The van der Waals surface area contributed by atoms with Crippen LogP contribution in [0.5, 0.6) is 0 Å². The molecule has 0 aromatic heterocycles. The highest BCUT2D eigenvalue weighted by Crippen LogP contribution is 2.33. The lowest BCUT2D eigenvalue weighted by atomic mass is 10.0. The van der Waals surface area contributed by atoms with Crippen LogP contribution in [0.15, 0.2) is 0 Å². The normalized spacial score (nSPS) is 34.3. The number of amides is 1. The Bertz CT molecular complexity index is 395. The van der Waals surface area contributed by atoms with Crippen molar-refractivity contribution in [2.24, 2.45) is 0 Å². The molecule has 130 valence electrons. The molecular formula is C13H25Cl2NO5Si. The number of aliphatic hydroxyl groups excluding tert-OH is 2. The van der Waals surface area contributed by atoms with Gasteiger partial charge in [-0.1, -0.05) is 19.6 Å². The molecule has 1 fully saturated rings. The minimum atomic E-state index is -1.69. The molecule has 1 aliphatic heterocycles. The van der Waals surface area contributed by atoms with Crippen molar-refractivity contribution < 1.29 is 24.5 Å². The molecule has 22 heavy (non-hydrogen) atoms. The van der Waals surface area contributed by atoms with Gasteiger partial charge in [0.2, 0.25) is 5.91 Å². The molecule has 1 unspecified atom stereocenters. The Kier molecular flexibility index (Phi) is 7.13. The van der Waals surface area contributed by atoms with E-state index in [1.54, 1.807) is 0 Å². The SMILES string of the molecule is CC(O[C@@]1(NC(=O)CCl)C[C@@H](O)[C@H](Cl)[C@@H](CO)O1)[Si](C)(C)C. The summed E-state index contributed by atoms with van der Waals surface area (Å²) in [6.07, 6.45) is -1.87. The van der Waals surface area contributed by atoms with Gasteiger partial charge in [0.15, 0.2) is 0 Å². The van der Waals surface area contributed by atoms with Crippen molar-refractivity contribution in [3.05, 3.63) is 0 Å². The minimum Gasteiger partial charge on any atom is -0.394 e. The zero-order chi connectivity index (χ0) is 17.1. The Labute approximate surface area is 142 Å². The number of rotatable bonds is 6. The summed E-state index contributed by atoms with van der Waals surface area (Å²) in [6.45, 7) is 7.84. The maximum absolute atomic E-state index is 11.7. The topological polar surface area (TPSA) is 88.0 Å². The van der Waals surface area contributed by atoms with Crippen LogP contribution in [0.3, 0.4) is 0 Å². The number of hydrogen-bond acceptors (Lipinski definition) is 5. The molecule has 6 nitrogen and oxygen atoms in total. The molecule has 5 atom stereocenters. The quantitative estimate of drug-likeness (QED) is 0.367. The third-order valence-corrected chi connectivity index (χ3v) is 7.13. The monoisotopic (exact) mass is 373 g/mol. The Morgan fingerprint density at radius 3 is 2.59 bits per heavy atom. The lowest BCUT2D eigenvalue weighted by Gasteiger charge is -2.47. The van der Waals surface area contributed by atoms with E-state index in [9.17, 15) is 15.0 Å². The van der Waals surface area contributed by atoms with E-state index in [1.165, 1.54) is 0 Å². The van der Waals surface area contributed by atoms with E-state index >= 15 is 0 Å². The van der Waals surface area contributed by atoms with Crippen LogP contribution >= 0.6 is 23.2 Å². The van der Waals surface area contributed by atoms with E-state index < -0.39 is 44.1 Å². The van der Waals surface area contributed by atoms with Crippen molar-refractivity contribution in [3.63, 3.8) is 0 Å². The number of carbonyl (C=O) groups excluding carboxylic acids is 1. The fraction of sp³-hybridized carbons (Fsp3) is 0.923. The summed E-state index contributed by atoms with van der Waals surface area (Å²) in [4.78, 5) is 11.7. The van der Waals surface area contributed by atoms with Crippen molar-refractivity contribution in [2.45, 2.75) is 62.2 Å². The Morgan fingerprint density at radius 2 is 2.14 bits per heavy atom. The van der Waals surface area contributed by atoms with Gasteiger partial charge in [0, 0.05) is 0 Å². The molecule has 3 N–H and O–H groups in total. The molecule has 1 rings (SSSR count). The highest BCUT2D eigenvalue weighted by atomic mass is 35.5. The maximum Gasteiger partial charge on any atom is 0.254 e. The summed E-state index contributed by atoms with van der Waals surface area (Å²) in [5.41, 5.74) is -0.165. The van der Waals surface area contributed by atoms with Gasteiger partial charge >= 0.3 is 0 Å². The van der Waals surface area contributed by atoms with Crippen molar-refractivity contribution in [1.82, 2.24) is 5.32 Å². The van der Waals surface area contributed by atoms with Gasteiger partial charge in [-0.3, -0.25) is 4.79 Å². The van der Waals surface area contributed by atoms with Gasteiger partial charge in [0.25, 0.3) is 5.91 Å². The van der Waals surface area contributed by atoms with E-state index in [0.717, 1.165) is 0 Å². The summed E-state index contributed by atoms with van der Waals surface area (Å²) < 4.78 is 11.7. The van der Waals surface area contributed by atoms with E-state index in [-0.39, 0.29) is 18.0 Å². The van der Waals surface area contributed by atoms with Crippen LogP contribution in [-0.2, 0) is 14.3 Å². The predicted octanol–water partition coefficient (Wildman–Crippen LogP) is 1.03. The van der Waals surface area contributed by atoms with Crippen LogP contribution in [0, 0.1) is 0 Å². The molecule has 0 spiro atoms. The van der Waals surface area contributed by atoms with Gasteiger partial charge in [-0.2, -0.15) is 0 Å². The van der Waals surface area contributed by atoms with Crippen LogP contribution < -0.4 is 5.32 Å². The van der Waals surface area contributed by atoms with Crippen LogP contribution in [0.1, 0.15) is 13.3 Å². The first-order valence-corrected chi connectivity index (χ1v) is 11.7. The third-order valence-electron chi connectivity index (χ3n) is 3.76. The molecule has 1 heterocycles. The van der Waals surface area contributed by atoms with E-state index in [1.807, 2.05) is 6.92 Å². The fourth-order valence-electron chi connectivity index (χ4n) is 2.03. The largest absolute Gasteiger partial charge is 0.394 e.